The maximum Gasteiger partial charge on any atom is 0.149 e. The molecule has 0 aliphatic rings. The molecule has 5 heteroatoms. The SMILES string of the molecule is COc1ccc(Oc2c(Cl)cccc2CC(C)N)c(Br)c1. The first-order valence-corrected chi connectivity index (χ1v) is 7.72. The summed E-state index contributed by atoms with van der Waals surface area (Å²) in [4.78, 5) is 0. The number of para-hydroxylation sites is 1. The number of nitrogens with two attached hydrogens (primary N) is 1. The maximum atomic E-state index is 6.27. The average Bonchev–Trinajstić information content (AvgIpc) is 2.43. The zero-order valence-corrected chi connectivity index (χ0v) is 14.2. The van der Waals surface area contributed by atoms with Gasteiger partial charge in [-0.2, -0.15) is 0 Å². The maximum absolute atomic E-state index is 6.27. The van der Waals surface area contributed by atoms with Crippen molar-refractivity contribution in [3.63, 3.8) is 0 Å². The molecular weight excluding hydrogens is 354 g/mol. The van der Waals surface area contributed by atoms with Crippen LogP contribution < -0.4 is 15.2 Å². The van der Waals surface area contributed by atoms with E-state index in [1.165, 1.54) is 0 Å². The van der Waals surface area contributed by atoms with Gasteiger partial charge in [0.05, 0.1) is 16.6 Å². The van der Waals surface area contributed by atoms with Crippen LogP contribution in [-0.4, -0.2) is 13.2 Å². The van der Waals surface area contributed by atoms with Gasteiger partial charge in [0, 0.05) is 6.04 Å². The van der Waals surface area contributed by atoms with Crippen LogP contribution in [0.5, 0.6) is 17.2 Å². The minimum atomic E-state index is 0.0325. The standard InChI is InChI=1S/C16H17BrClNO2/c1-10(19)8-11-4-3-5-14(18)16(11)21-15-7-6-12(20-2)9-13(15)17/h3-7,9-10H,8,19H2,1-2H3. The molecule has 1 unspecified atom stereocenters. The first-order chi connectivity index (χ1) is 10.0. The van der Waals surface area contributed by atoms with Crippen LogP contribution in [-0.2, 0) is 6.42 Å². The van der Waals surface area contributed by atoms with Crippen LogP contribution in [0, 0.1) is 0 Å². The topological polar surface area (TPSA) is 44.5 Å². The lowest BCUT2D eigenvalue weighted by atomic mass is 10.1. The molecule has 0 aliphatic carbocycles. The predicted molar refractivity (Wildman–Crippen MR) is 89.6 cm³/mol. The zero-order valence-electron chi connectivity index (χ0n) is 11.9. The number of methoxy groups -OCH3 is 1. The number of hydrogen-bond donors (Lipinski definition) is 1. The summed E-state index contributed by atoms with van der Waals surface area (Å²) >= 11 is 9.74. The van der Waals surface area contributed by atoms with E-state index in [2.05, 4.69) is 15.9 Å². The van der Waals surface area contributed by atoms with E-state index in [4.69, 9.17) is 26.8 Å². The van der Waals surface area contributed by atoms with Crippen LogP contribution in [0.2, 0.25) is 5.02 Å². The fourth-order valence-corrected chi connectivity index (χ4v) is 2.65. The molecule has 0 fully saturated rings. The van der Waals surface area contributed by atoms with E-state index in [-0.39, 0.29) is 6.04 Å². The Morgan fingerprint density at radius 1 is 1.29 bits per heavy atom. The summed E-state index contributed by atoms with van der Waals surface area (Å²) in [5.41, 5.74) is 6.87. The molecule has 0 bridgehead atoms. The third kappa shape index (κ3) is 4.13. The van der Waals surface area contributed by atoms with Crippen molar-refractivity contribution >= 4 is 27.5 Å². The summed E-state index contributed by atoms with van der Waals surface area (Å²) in [6.07, 6.45) is 0.698. The Hall–Kier alpha value is -1.23. The van der Waals surface area contributed by atoms with Gasteiger partial charge in [0.25, 0.3) is 0 Å². The minimum absolute atomic E-state index is 0.0325. The van der Waals surface area contributed by atoms with Gasteiger partial charge in [0.15, 0.2) is 0 Å². The first-order valence-electron chi connectivity index (χ1n) is 6.55. The van der Waals surface area contributed by atoms with E-state index < -0.39 is 0 Å². The van der Waals surface area contributed by atoms with Crippen molar-refractivity contribution in [2.75, 3.05) is 7.11 Å². The van der Waals surface area contributed by atoms with Gasteiger partial charge in [0.2, 0.25) is 0 Å². The Morgan fingerprint density at radius 2 is 2.05 bits per heavy atom. The highest BCUT2D eigenvalue weighted by Gasteiger charge is 2.13. The molecule has 2 aromatic carbocycles. The van der Waals surface area contributed by atoms with E-state index in [1.54, 1.807) is 13.2 Å². The molecule has 0 heterocycles. The molecule has 3 nitrogen and oxygen atoms in total. The van der Waals surface area contributed by atoms with Crippen molar-refractivity contribution in [3.8, 4) is 17.2 Å². The van der Waals surface area contributed by atoms with Crippen molar-refractivity contribution < 1.29 is 9.47 Å². The molecule has 0 saturated heterocycles. The van der Waals surface area contributed by atoms with E-state index in [1.807, 2.05) is 37.3 Å². The number of benzene rings is 2. The number of ether oxygens (including phenoxy) is 2. The molecule has 0 spiro atoms. The van der Waals surface area contributed by atoms with Crippen LogP contribution in [0.25, 0.3) is 0 Å². The molecule has 2 N–H and O–H groups in total. The van der Waals surface area contributed by atoms with Gasteiger partial charge in [-0.15, -0.1) is 0 Å². The van der Waals surface area contributed by atoms with E-state index in [0.717, 1.165) is 15.8 Å². The molecule has 1 atom stereocenters. The molecular formula is C16H17BrClNO2. The van der Waals surface area contributed by atoms with E-state index in [0.29, 0.717) is 22.9 Å². The van der Waals surface area contributed by atoms with Crippen molar-refractivity contribution in [2.24, 2.45) is 5.73 Å². The number of halogens is 2. The lowest BCUT2D eigenvalue weighted by Crippen LogP contribution is -2.18. The van der Waals surface area contributed by atoms with Crippen LogP contribution in [0.3, 0.4) is 0 Å². The Morgan fingerprint density at radius 3 is 2.67 bits per heavy atom. The summed E-state index contributed by atoms with van der Waals surface area (Å²) < 4.78 is 12.0. The van der Waals surface area contributed by atoms with Crippen LogP contribution >= 0.6 is 27.5 Å². The lowest BCUT2D eigenvalue weighted by Gasteiger charge is -2.15. The molecule has 2 rings (SSSR count). The molecule has 0 amide bonds. The second-order valence-corrected chi connectivity index (χ2v) is 6.07. The van der Waals surface area contributed by atoms with E-state index in [9.17, 15) is 0 Å². The minimum Gasteiger partial charge on any atom is -0.497 e. The molecule has 0 radical (unpaired) electrons. The van der Waals surface area contributed by atoms with Crippen molar-refractivity contribution in [1.82, 2.24) is 0 Å². The predicted octanol–water partition coefficient (Wildman–Crippen LogP) is 4.79. The summed E-state index contributed by atoms with van der Waals surface area (Å²) in [5, 5.41) is 0.566. The average molecular weight is 371 g/mol. The normalized spacial score (nSPS) is 12.0. The number of hydrogen-bond acceptors (Lipinski definition) is 3. The highest BCUT2D eigenvalue weighted by atomic mass is 79.9. The lowest BCUT2D eigenvalue weighted by molar-refractivity contribution is 0.412. The second-order valence-electron chi connectivity index (χ2n) is 4.81. The third-order valence-corrected chi connectivity index (χ3v) is 3.86. The Bertz CT molecular complexity index is 632. The molecule has 0 aromatic heterocycles. The van der Waals surface area contributed by atoms with Gasteiger partial charge in [-0.25, -0.2) is 0 Å². The molecule has 0 saturated carbocycles. The van der Waals surface area contributed by atoms with Crippen LogP contribution in [0.15, 0.2) is 40.9 Å². The van der Waals surface area contributed by atoms with Crippen molar-refractivity contribution in [3.05, 3.63) is 51.5 Å². The monoisotopic (exact) mass is 369 g/mol. The first kappa shape index (κ1) is 16.1. The van der Waals surface area contributed by atoms with Gasteiger partial charge in [-0.05, 0) is 59.1 Å². The Balaban J connectivity index is 2.34. The molecule has 21 heavy (non-hydrogen) atoms. The smallest absolute Gasteiger partial charge is 0.149 e. The summed E-state index contributed by atoms with van der Waals surface area (Å²) in [6.45, 7) is 1.95. The van der Waals surface area contributed by atoms with Crippen LogP contribution in [0.4, 0.5) is 0 Å². The molecule has 0 aliphatic heterocycles. The van der Waals surface area contributed by atoms with Gasteiger partial charge < -0.3 is 15.2 Å². The fourth-order valence-electron chi connectivity index (χ4n) is 1.98. The summed E-state index contributed by atoms with van der Waals surface area (Å²) in [6, 6.07) is 11.2. The van der Waals surface area contributed by atoms with Gasteiger partial charge in [-0.1, -0.05) is 23.7 Å². The Labute approximate surface area is 138 Å². The van der Waals surface area contributed by atoms with Crippen molar-refractivity contribution in [1.29, 1.82) is 0 Å². The summed E-state index contributed by atoms with van der Waals surface area (Å²) in [7, 11) is 1.62. The Kier molecular flexibility index (Phi) is 5.51. The van der Waals surface area contributed by atoms with Crippen LogP contribution in [0.1, 0.15) is 12.5 Å². The van der Waals surface area contributed by atoms with Gasteiger partial charge in [-0.3, -0.25) is 0 Å². The third-order valence-electron chi connectivity index (χ3n) is 2.94. The van der Waals surface area contributed by atoms with Crippen molar-refractivity contribution in [2.45, 2.75) is 19.4 Å². The largest absolute Gasteiger partial charge is 0.497 e. The second kappa shape index (κ2) is 7.16. The van der Waals surface area contributed by atoms with E-state index >= 15 is 0 Å². The van der Waals surface area contributed by atoms with Gasteiger partial charge in [0.1, 0.15) is 17.2 Å². The number of rotatable bonds is 5. The fraction of sp³-hybridized carbons (Fsp3) is 0.250. The quantitative estimate of drug-likeness (QED) is 0.822. The highest BCUT2D eigenvalue weighted by Crippen LogP contribution is 2.38. The molecule has 2 aromatic rings. The van der Waals surface area contributed by atoms with Gasteiger partial charge >= 0.3 is 0 Å². The molecule has 112 valence electrons. The summed E-state index contributed by atoms with van der Waals surface area (Å²) in [5.74, 6) is 2.07. The zero-order chi connectivity index (χ0) is 15.4. The highest BCUT2D eigenvalue weighted by molar-refractivity contribution is 9.10.